The normalized spacial score (nSPS) is 15.1. The lowest BCUT2D eigenvalue weighted by molar-refractivity contribution is 0.918. The predicted octanol–water partition coefficient (Wildman–Crippen LogP) is 2.77. The van der Waals surface area contributed by atoms with Crippen LogP contribution in [0.25, 0.3) is 0 Å². The molecule has 0 N–H and O–H groups in total. The lowest BCUT2D eigenvalue weighted by atomic mass is 9.98. The quantitative estimate of drug-likeness (QED) is 0.622. The van der Waals surface area contributed by atoms with E-state index in [1.165, 1.54) is 21.7 Å². The highest BCUT2D eigenvalue weighted by molar-refractivity contribution is 7.98. The Morgan fingerprint density at radius 2 is 2.23 bits per heavy atom. The van der Waals surface area contributed by atoms with Crippen molar-refractivity contribution in [1.29, 1.82) is 0 Å². The molecule has 1 nitrogen and oxygen atoms in total. The second-order valence-electron chi connectivity index (χ2n) is 3.20. The first-order valence-corrected chi connectivity index (χ1v) is 5.72. The summed E-state index contributed by atoms with van der Waals surface area (Å²) in [5, 5.41) is 0. The summed E-state index contributed by atoms with van der Waals surface area (Å²) >= 11 is 1.83. The molecule has 1 aromatic carbocycles. The molecule has 1 aliphatic heterocycles. The molecule has 0 spiro atoms. The molecule has 0 saturated carbocycles. The third kappa shape index (κ3) is 1.51. The van der Waals surface area contributed by atoms with Crippen molar-refractivity contribution in [3.63, 3.8) is 0 Å². The Kier molecular flexibility index (Phi) is 2.40. The number of benzene rings is 1. The Morgan fingerprint density at radius 1 is 1.38 bits per heavy atom. The van der Waals surface area contributed by atoms with Crippen LogP contribution in [0.15, 0.2) is 28.1 Å². The minimum absolute atomic E-state index is 0.955. The van der Waals surface area contributed by atoms with Crippen molar-refractivity contribution in [1.82, 2.24) is 0 Å². The van der Waals surface area contributed by atoms with Crippen molar-refractivity contribution in [2.75, 3.05) is 12.8 Å². The number of hydrogen-bond donors (Lipinski definition) is 0. The molecule has 68 valence electrons. The monoisotopic (exact) mass is 191 g/mol. The maximum Gasteiger partial charge on any atom is 0.0433 e. The average molecular weight is 191 g/mol. The predicted molar refractivity (Wildman–Crippen MR) is 59.0 cm³/mol. The van der Waals surface area contributed by atoms with E-state index in [9.17, 15) is 0 Å². The first kappa shape index (κ1) is 8.82. The zero-order valence-electron chi connectivity index (χ0n) is 8.00. The molecule has 0 atom stereocenters. The van der Waals surface area contributed by atoms with Crippen LogP contribution in [0.2, 0.25) is 0 Å². The van der Waals surface area contributed by atoms with Gasteiger partial charge in [0.25, 0.3) is 0 Å². The zero-order valence-corrected chi connectivity index (χ0v) is 8.82. The molecule has 2 heteroatoms. The fourth-order valence-corrected chi connectivity index (χ4v) is 2.45. The van der Waals surface area contributed by atoms with Crippen molar-refractivity contribution in [2.45, 2.75) is 18.2 Å². The van der Waals surface area contributed by atoms with Gasteiger partial charge < -0.3 is 0 Å². The summed E-state index contributed by atoms with van der Waals surface area (Å²) in [7, 11) is 0. The Labute approximate surface area is 83.3 Å². The van der Waals surface area contributed by atoms with E-state index >= 15 is 0 Å². The molecule has 1 heterocycles. The SMILES string of the molecule is CSc1cccc2c1CCN=C2C. The van der Waals surface area contributed by atoms with Gasteiger partial charge in [-0.3, -0.25) is 4.99 Å². The van der Waals surface area contributed by atoms with Crippen LogP contribution in [0.4, 0.5) is 0 Å². The van der Waals surface area contributed by atoms with Crippen LogP contribution >= 0.6 is 11.8 Å². The highest BCUT2D eigenvalue weighted by Gasteiger charge is 2.12. The van der Waals surface area contributed by atoms with Crippen LogP contribution in [-0.2, 0) is 6.42 Å². The van der Waals surface area contributed by atoms with E-state index in [0.29, 0.717) is 0 Å². The molecule has 0 amide bonds. The average Bonchev–Trinajstić information content (AvgIpc) is 2.18. The largest absolute Gasteiger partial charge is 0.289 e. The maximum atomic E-state index is 4.45. The first-order valence-electron chi connectivity index (χ1n) is 4.50. The number of aliphatic imine (C=N–C) groups is 1. The lowest BCUT2D eigenvalue weighted by Gasteiger charge is -2.16. The highest BCUT2D eigenvalue weighted by atomic mass is 32.2. The molecular weight excluding hydrogens is 178 g/mol. The second kappa shape index (κ2) is 3.54. The van der Waals surface area contributed by atoms with Crippen LogP contribution in [0.5, 0.6) is 0 Å². The molecule has 1 aromatic rings. The number of nitrogens with zero attached hydrogens (tertiary/aromatic N) is 1. The molecule has 1 aliphatic rings. The fraction of sp³-hybridized carbons (Fsp3) is 0.364. The molecule has 0 fully saturated rings. The molecule has 0 bridgehead atoms. The summed E-state index contributed by atoms with van der Waals surface area (Å²) in [6.07, 6.45) is 3.24. The Morgan fingerprint density at radius 3 is 3.00 bits per heavy atom. The van der Waals surface area contributed by atoms with Gasteiger partial charge in [0.2, 0.25) is 0 Å². The van der Waals surface area contributed by atoms with Gasteiger partial charge in [-0.2, -0.15) is 0 Å². The van der Waals surface area contributed by atoms with E-state index < -0.39 is 0 Å². The first-order chi connectivity index (χ1) is 6.33. The van der Waals surface area contributed by atoms with E-state index in [2.05, 4.69) is 36.4 Å². The number of hydrogen-bond acceptors (Lipinski definition) is 2. The number of thioether (sulfide) groups is 1. The van der Waals surface area contributed by atoms with Crippen LogP contribution in [0.1, 0.15) is 18.1 Å². The molecule has 0 saturated heterocycles. The van der Waals surface area contributed by atoms with Gasteiger partial charge in [-0.1, -0.05) is 12.1 Å². The van der Waals surface area contributed by atoms with Gasteiger partial charge in [0.15, 0.2) is 0 Å². The van der Waals surface area contributed by atoms with Gasteiger partial charge in [-0.25, -0.2) is 0 Å². The lowest BCUT2D eigenvalue weighted by Crippen LogP contribution is -2.10. The Balaban J connectivity index is 2.57. The third-order valence-corrected chi connectivity index (χ3v) is 3.28. The van der Waals surface area contributed by atoms with Gasteiger partial charge >= 0.3 is 0 Å². The third-order valence-electron chi connectivity index (χ3n) is 2.45. The smallest absolute Gasteiger partial charge is 0.0433 e. The van der Waals surface area contributed by atoms with Crippen molar-refractivity contribution in [3.8, 4) is 0 Å². The second-order valence-corrected chi connectivity index (χ2v) is 4.05. The summed E-state index contributed by atoms with van der Waals surface area (Å²) in [6, 6.07) is 6.49. The molecular formula is C11H13NS. The fourth-order valence-electron chi connectivity index (χ4n) is 1.77. The molecule has 13 heavy (non-hydrogen) atoms. The molecule has 0 aliphatic carbocycles. The van der Waals surface area contributed by atoms with Crippen LogP contribution < -0.4 is 0 Å². The molecule has 0 unspecified atom stereocenters. The molecule has 2 rings (SSSR count). The van der Waals surface area contributed by atoms with Gasteiger partial charge in [-0.05, 0) is 36.8 Å². The Bertz CT molecular complexity index is 355. The summed E-state index contributed by atoms with van der Waals surface area (Å²) in [6.45, 7) is 3.05. The van der Waals surface area contributed by atoms with Crippen LogP contribution in [0.3, 0.4) is 0 Å². The van der Waals surface area contributed by atoms with E-state index in [4.69, 9.17) is 0 Å². The summed E-state index contributed by atoms with van der Waals surface area (Å²) in [5.41, 5.74) is 4.03. The van der Waals surface area contributed by atoms with E-state index in [0.717, 1.165) is 13.0 Å². The zero-order chi connectivity index (χ0) is 9.26. The minimum Gasteiger partial charge on any atom is -0.289 e. The van der Waals surface area contributed by atoms with E-state index in [1.807, 2.05) is 11.8 Å². The van der Waals surface area contributed by atoms with E-state index in [1.54, 1.807) is 0 Å². The topological polar surface area (TPSA) is 12.4 Å². The Hall–Kier alpha value is -0.760. The highest BCUT2D eigenvalue weighted by Crippen LogP contribution is 2.26. The molecule has 0 radical (unpaired) electrons. The number of fused-ring (bicyclic) bond motifs is 1. The van der Waals surface area contributed by atoms with Gasteiger partial charge in [0, 0.05) is 17.2 Å². The maximum absolute atomic E-state index is 4.45. The number of rotatable bonds is 1. The summed E-state index contributed by atoms with van der Waals surface area (Å²) in [4.78, 5) is 5.86. The minimum atomic E-state index is 0.955. The standard InChI is InChI=1S/C11H13NS/c1-8-9-4-3-5-11(13-2)10(9)6-7-12-8/h3-5H,6-7H2,1-2H3. The van der Waals surface area contributed by atoms with Crippen molar-refractivity contribution in [3.05, 3.63) is 29.3 Å². The van der Waals surface area contributed by atoms with Crippen molar-refractivity contribution >= 4 is 17.5 Å². The van der Waals surface area contributed by atoms with Gasteiger partial charge in [-0.15, -0.1) is 11.8 Å². The van der Waals surface area contributed by atoms with E-state index in [-0.39, 0.29) is 0 Å². The van der Waals surface area contributed by atoms with Crippen molar-refractivity contribution in [2.24, 2.45) is 4.99 Å². The van der Waals surface area contributed by atoms with Crippen molar-refractivity contribution < 1.29 is 0 Å². The van der Waals surface area contributed by atoms with Gasteiger partial charge in [0.05, 0.1) is 0 Å². The van der Waals surface area contributed by atoms with Gasteiger partial charge in [0.1, 0.15) is 0 Å². The summed E-state index contributed by atoms with van der Waals surface area (Å²) in [5.74, 6) is 0. The summed E-state index contributed by atoms with van der Waals surface area (Å²) < 4.78 is 0. The van der Waals surface area contributed by atoms with Crippen LogP contribution in [-0.4, -0.2) is 18.5 Å². The molecule has 0 aromatic heterocycles. The van der Waals surface area contributed by atoms with Crippen LogP contribution in [0, 0.1) is 0 Å².